The summed E-state index contributed by atoms with van der Waals surface area (Å²) in [4.78, 5) is 26.3. The van der Waals surface area contributed by atoms with Crippen molar-refractivity contribution in [2.24, 2.45) is 0 Å². The first kappa shape index (κ1) is 23.8. The SMILES string of the molecule is COc1ccc(Nc2ncc3c(n2)N(C2CC(O)C[C@@H](O)C2)C(=O)N(c2ccc(OC)cc2)C3)cc1. The van der Waals surface area contributed by atoms with Gasteiger partial charge < -0.3 is 25.0 Å². The molecule has 0 spiro atoms. The summed E-state index contributed by atoms with van der Waals surface area (Å²) in [5.74, 6) is 2.24. The van der Waals surface area contributed by atoms with E-state index >= 15 is 0 Å². The molecule has 10 nitrogen and oxygen atoms in total. The monoisotopic (exact) mass is 491 g/mol. The average molecular weight is 492 g/mol. The topological polar surface area (TPSA) is 120 Å². The van der Waals surface area contributed by atoms with E-state index in [1.807, 2.05) is 36.4 Å². The molecule has 5 rings (SSSR count). The van der Waals surface area contributed by atoms with Gasteiger partial charge in [-0.2, -0.15) is 4.98 Å². The molecule has 3 atom stereocenters. The van der Waals surface area contributed by atoms with E-state index < -0.39 is 18.2 Å². The Kier molecular flexibility index (Phi) is 6.62. The molecule has 1 fully saturated rings. The summed E-state index contributed by atoms with van der Waals surface area (Å²) in [6.45, 7) is 0.289. The quantitative estimate of drug-likeness (QED) is 0.480. The van der Waals surface area contributed by atoms with Crippen LogP contribution in [0.5, 0.6) is 11.5 Å². The predicted octanol–water partition coefficient (Wildman–Crippen LogP) is 3.46. The summed E-state index contributed by atoms with van der Waals surface area (Å²) in [7, 11) is 3.20. The van der Waals surface area contributed by atoms with Crippen molar-refractivity contribution in [3.8, 4) is 11.5 Å². The van der Waals surface area contributed by atoms with Gasteiger partial charge >= 0.3 is 6.03 Å². The maximum absolute atomic E-state index is 13.9. The van der Waals surface area contributed by atoms with Crippen LogP contribution < -0.4 is 24.6 Å². The number of carbonyl (C=O) groups is 1. The molecule has 1 saturated carbocycles. The number of nitrogens with zero attached hydrogens (tertiary/aromatic N) is 4. The Labute approximate surface area is 209 Å². The lowest BCUT2D eigenvalue weighted by Gasteiger charge is -2.43. The lowest BCUT2D eigenvalue weighted by atomic mass is 9.89. The van der Waals surface area contributed by atoms with Crippen LogP contribution in [0, 0.1) is 0 Å². The number of nitrogens with one attached hydrogen (secondary N) is 1. The number of amides is 2. The third-order valence-corrected chi connectivity index (χ3v) is 6.56. The highest BCUT2D eigenvalue weighted by molar-refractivity contribution is 6.06. The number of rotatable bonds is 6. The number of methoxy groups -OCH3 is 2. The van der Waals surface area contributed by atoms with Gasteiger partial charge in [-0.25, -0.2) is 9.78 Å². The molecule has 10 heteroatoms. The number of fused-ring (bicyclic) bond motifs is 1. The Balaban J connectivity index is 1.50. The van der Waals surface area contributed by atoms with Crippen LogP contribution in [0.25, 0.3) is 0 Å². The molecule has 1 aromatic heterocycles. The van der Waals surface area contributed by atoms with Crippen molar-refractivity contribution in [3.63, 3.8) is 0 Å². The molecular weight excluding hydrogens is 462 g/mol. The maximum Gasteiger partial charge on any atom is 0.330 e. The van der Waals surface area contributed by atoms with Gasteiger partial charge in [-0.1, -0.05) is 0 Å². The van der Waals surface area contributed by atoms with Crippen molar-refractivity contribution in [1.82, 2.24) is 9.97 Å². The van der Waals surface area contributed by atoms with Gasteiger partial charge in [0.05, 0.1) is 33.0 Å². The molecule has 2 aromatic carbocycles. The van der Waals surface area contributed by atoms with Crippen molar-refractivity contribution in [3.05, 3.63) is 60.3 Å². The summed E-state index contributed by atoms with van der Waals surface area (Å²) >= 11 is 0. The fourth-order valence-electron chi connectivity index (χ4n) is 4.77. The summed E-state index contributed by atoms with van der Waals surface area (Å²) in [5, 5.41) is 23.9. The second-order valence-corrected chi connectivity index (χ2v) is 9.00. The maximum atomic E-state index is 13.9. The fraction of sp³-hybridized carbons (Fsp3) is 0.346. The Morgan fingerprint density at radius 1 is 0.917 bits per heavy atom. The van der Waals surface area contributed by atoms with Crippen LogP contribution in [-0.2, 0) is 6.54 Å². The zero-order valence-corrected chi connectivity index (χ0v) is 20.2. The zero-order valence-electron chi connectivity index (χ0n) is 20.2. The van der Waals surface area contributed by atoms with Gasteiger partial charge in [-0.05, 0) is 67.8 Å². The highest BCUT2D eigenvalue weighted by Crippen LogP contribution is 2.36. The molecule has 1 aliphatic carbocycles. The Bertz CT molecular complexity index is 1210. The number of aliphatic hydroxyl groups excluding tert-OH is 2. The third-order valence-electron chi connectivity index (χ3n) is 6.56. The second-order valence-electron chi connectivity index (χ2n) is 9.00. The van der Waals surface area contributed by atoms with Crippen molar-refractivity contribution in [2.45, 2.75) is 44.1 Å². The highest BCUT2D eigenvalue weighted by atomic mass is 16.5. The molecule has 0 saturated heterocycles. The van der Waals surface area contributed by atoms with E-state index in [4.69, 9.17) is 14.5 Å². The van der Waals surface area contributed by atoms with Gasteiger partial charge in [-0.15, -0.1) is 0 Å². The van der Waals surface area contributed by atoms with Gasteiger partial charge in [0.15, 0.2) is 0 Å². The van der Waals surface area contributed by atoms with E-state index in [0.717, 1.165) is 17.0 Å². The van der Waals surface area contributed by atoms with Crippen LogP contribution in [0.15, 0.2) is 54.7 Å². The predicted molar refractivity (Wildman–Crippen MR) is 135 cm³/mol. The number of hydrogen-bond donors (Lipinski definition) is 3. The number of aliphatic hydroxyl groups is 2. The van der Waals surface area contributed by atoms with Crippen LogP contribution in [0.3, 0.4) is 0 Å². The van der Waals surface area contributed by atoms with Crippen LogP contribution in [0.4, 0.5) is 27.9 Å². The van der Waals surface area contributed by atoms with E-state index in [1.54, 1.807) is 42.3 Å². The standard InChI is InChI=1S/C26H29N5O5/c1-35-22-7-3-17(4-8-22)28-25-27-14-16-15-30(18-5-9-23(36-2)10-6-18)26(34)31(24(16)29-25)19-11-20(32)13-21(33)12-19/h3-10,14,19-21,32-33H,11-13,15H2,1-2H3,(H,27,28,29)/t19?,20-,21?/m0/s1. The van der Waals surface area contributed by atoms with Crippen LogP contribution in [0.2, 0.25) is 0 Å². The van der Waals surface area contributed by atoms with Crippen LogP contribution in [0.1, 0.15) is 24.8 Å². The normalized spacial score (nSPS) is 21.7. The van der Waals surface area contributed by atoms with Crippen LogP contribution in [-0.4, -0.2) is 58.7 Å². The second kappa shape index (κ2) is 10.00. The number of urea groups is 1. The summed E-state index contributed by atoms with van der Waals surface area (Å²) in [6.07, 6.45) is 1.30. The molecule has 0 bridgehead atoms. The van der Waals surface area contributed by atoms with E-state index in [-0.39, 0.29) is 12.6 Å². The number of hydrogen-bond acceptors (Lipinski definition) is 8. The molecule has 0 radical (unpaired) electrons. The minimum Gasteiger partial charge on any atom is -0.497 e. The first-order chi connectivity index (χ1) is 17.4. The third kappa shape index (κ3) is 4.77. The molecule has 3 aromatic rings. The van der Waals surface area contributed by atoms with Crippen molar-refractivity contribution < 1.29 is 24.5 Å². The minimum atomic E-state index is -0.704. The lowest BCUT2D eigenvalue weighted by Crippen LogP contribution is -2.55. The molecule has 1 aliphatic heterocycles. The highest BCUT2D eigenvalue weighted by Gasteiger charge is 2.41. The van der Waals surface area contributed by atoms with Gasteiger partial charge in [0.2, 0.25) is 5.95 Å². The first-order valence-electron chi connectivity index (χ1n) is 11.8. The van der Waals surface area contributed by atoms with E-state index in [2.05, 4.69) is 10.3 Å². The Morgan fingerprint density at radius 2 is 1.53 bits per heavy atom. The lowest BCUT2D eigenvalue weighted by molar-refractivity contribution is 0.0314. The molecule has 3 N–H and O–H groups in total. The van der Waals surface area contributed by atoms with Crippen LogP contribution >= 0.6 is 0 Å². The molecule has 2 heterocycles. The first-order valence-corrected chi connectivity index (χ1v) is 11.8. The molecule has 2 aliphatic rings. The summed E-state index contributed by atoms with van der Waals surface area (Å²) in [5.41, 5.74) is 2.24. The minimum absolute atomic E-state index is 0.270. The van der Waals surface area contributed by atoms with E-state index in [1.165, 1.54) is 0 Å². The Hall–Kier alpha value is -3.89. The number of anilines is 4. The van der Waals surface area contributed by atoms with Gasteiger partial charge in [0, 0.05) is 29.2 Å². The van der Waals surface area contributed by atoms with Crippen molar-refractivity contribution >= 4 is 29.2 Å². The number of carbonyl (C=O) groups excluding carboxylic acids is 1. The van der Waals surface area contributed by atoms with E-state index in [0.29, 0.717) is 42.5 Å². The number of ether oxygens (including phenoxy) is 2. The van der Waals surface area contributed by atoms with Crippen molar-refractivity contribution in [2.75, 3.05) is 29.3 Å². The average Bonchev–Trinajstić information content (AvgIpc) is 2.88. The van der Waals surface area contributed by atoms with Crippen molar-refractivity contribution in [1.29, 1.82) is 0 Å². The van der Waals surface area contributed by atoms with Gasteiger partial charge in [-0.3, -0.25) is 9.80 Å². The zero-order chi connectivity index (χ0) is 25.2. The fourth-order valence-corrected chi connectivity index (χ4v) is 4.77. The Morgan fingerprint density at radius 3 is 2.14 bits per heavy atom. The number of benzene rings is 2. The van der Waals surface area contributed by atoms with Gasteiger partial charge in [0.25, 0.3) is 0 Å². The molecule has 2 unspecified atom stereocenters. The smallest absolute Gasteiger partial charge is 0.330 e. The molecule has 2 amide bonds. The van der Waals surface area contributed by atoms with Gasteiger partial charge in [0.1, 0.15) is 17.3 Å². The largest absolute Gasteiger partial charge is 0.497 e. The molecular formula is C26H29N5O5. The summed E-state index contributed by atoms with van der Waals surface area (Å²) in [6, 6.07) is 13.9. The number of aromatic nitrogens is 2. The molecule has 36 heavy (non-hydrogen) atoms. The van der Waals surface area contributed by atoms with E-state index in [9.17, 15) is 15.0 Å². The summed E-state index contributed by atoms with van der Waals surface area (Å²) < 4.78 is 10.5. The molecule has 188 valence electrons.